The van der Waals surface area contributed by atoms with Gasteiger partial charge in [-0.05, 0) is 74.7 Å². The molecule has 3 fully saturated rings. The zero-order chi connectivity index (χ0) is 18.7. The van der Waals surface area contributed by atoms with Gasteiger partial charge in [-0.2, -0.15) is 0 Å². The van der Waals surface area contributed by atoms with Crippen molar-refractivity contribution >= 4 is 11.8 Å². The van der Waals surface area contributed by atoms with Crippen LogP contribution in [-0.2, 0) is 9.59 Å². The zero-order valence-corrected chi connectivity index (χ0v) is 16.8. The summed E-state index contributed by atoms with van der Waals surface area (Å²) in [5.41, 5.74) is 0.250. The topological polar surface area (TPSA) is 49.4 Å². The fourth-order valence-corrected chi connectivity index (χ4v) is 7.47. The lowest BCUT2D eigenvalue weighted by atomic mass is 9.47. The van der Waals surface area contributed by atoms with E-state index in [9.17, 15) is 9.59 Å². The molecule has 0 bridgehead atoms. The number of rotatable bonds is 2. The third-order valence-electron chi connectivity index (χ3n) is 8.80. The standard InChI is InChI=1S/C22H34N2O2/c1-5-23-20(26)17-8-7-15-14-6-9-18-22(3,13-11-19(25)24(18)4)16(14)10-12-21(15,17)2/h11,13-18H,5-10,12H2,1-4H3,(H,23,26)/t14-,15-,16-,17+,18+,21-,22+/m0/s1. The van der Waals surface area contributed by atoms with Crippen LogP contribution in [-0.4, -0.2) is 36.3 Å². The van der Waals surface area contributed by atoms with Gasteiger partial charge in [0.25, 0.3) is 0 Å². The van der Waals surface area contributed by atoms with E-state index in [4.69, 9.17) is 0 Å². The van der Waals surface area contributed by atoms with Crippen molar-refractivity contribution in [2.45, 2.75) is 65.3 Å². The molecular weight excluding hydrogens is 324 g/mol. The Hall–Kier alpha value is -1.32. The summed E-state index contributed by atoms with van der Waals surface area (Å²) in [4.78, 5) is 26.8. The zero-order valence-electron chi connectivity index (χ0n) is 16.8. The molecule has 144 valence electrons. The average molecular weight is 359 g/mol. The van der Waals surface area contributed by atoms with Gasteiger partial charge in [-0.15, -0.1) is 0 Å². The number of carbonyl (C=O) groups excluding carboxylic acids is 2. The summed E-state index contributed by atoms with van der Waals surface area (Å²) in [6, 6.07) is 0.339. The minimum Gasteiger partial charge on any atom is -0.356 e. The van der Waals surface area contributed by atoms with E-state index >= 15 is 0 Å². The maximum absolute atomic E-state index is 12.7. The lowest BCUT2D eigenvalue weighted by molar-refractivity contribution is -0.142. The highest BCUT2D eigenvalue weighted by Gasteiger charge is 2.61. The first-order valence-electron chi connectivity index (χ1n) is 10.6. The first kappa shape index (κ1) is 18.1. The first-order valence-corrected chi connectivity index (χ1v) is 10.6. The molecule has 1 aliphatic heterocycles. The van der Waals surface area contributed by atoms with Gasteiger partial charge in [-0.25, -0.2) is 0 Å². The Morgan fingerprint density at radius 1 is 1.19 bits per heavy atom. The highest BCUT2D eigenvalue weighted by atomic mass is 16.2. The predicted octanol–water partition coefficient (Wildman–Crippen LogP) is 3.38. The molecule has 0 aromatic carbocycles. The van der Waals surface area contributed by atoms with Crippen LogP contribution in [0.15, 0.2) is 12.2 Å². The minimum absolute atomic E-state index is 0.0939. The van der Waals surface area contributed by atoms with Crippen molar-refractivity contribution in [3.05, 3.63) is 12.2 Å². The summed E-state index contributed by atoms with van der Waals surface area (Å²) in [7, 11) is 1.97. The van der Waals surface area contributed by atoms with Gasteiger partial charge in [-0.1, -0.05) is 19.9 Å². The summed E-state index contributed by atoms with van der Waals surface area (Å²) in [6.07, 6.45) is 10.9. The quantitative estimate of drug-likeness (QED) is 0.823. The number of fused-ring (bicyclic) bond motifs is 5. The van der Waals surface area contributed by atoms with Crippen LogP contribution in [0.3, 0.4) is 0 Å². The molecule has 2 amide bonds. The molecule has 1 heterocycles. The molecule has 4 rings (SSSR count). The van der Waals surface area contributed by atoms with Crippen LogP contribution in [0.25, 0.3) is 0 Å². The third-order valence-corrected chi connectivity index (χ3v) is 8.80. The number of nitrogens with one attached hydrogen (secondary N) is 1. The van der Waals surface area contributed by atoms with Gasteiger partial charge >= 0.3 is 0 Å². The van der Waals surface area contributed by atoms with E-state index in [-0.39, 0.29) is 28.6 Å². The maximum Gasteiger partial charge on any atom is 0.246 e. The van der Waals surface area contributed by atoms with E-state index in [2.05, 4.69) is 25.2 Å². The van der Waals surface area contributed by atoms with Crippen LogP contribution in [0.1, 0.15) is 59.3 Å². The highest BCUT2D eigenvalue weighted by Crippen LogP contribution is 2.65. The monoisotopic (exact) mass is 358 g/mol. The summed E-state index contributed by atoms with van der Waals surface area (Å²) >= 11 is 0. The molecule has 0 spiro atoms. The Kier molecular flexibility index (Phi) is 4.24. The van der Waals surface area contributed by atoms with Gasteiger partial charge in [0, 0.05) is 31.0 Å². The smallest absolute Gasteiger partial charge is 0.246 e. The minimum atomic E-state index is 0.0939. The van der Waals surface area contributed by atoms with Crippen LogP contribution in [0.5, 0.6) is 0 Å². The molecular formula is C22H34N2O2. The number of amides is 2. The molecule has 4 aliphatic rings. The Morgan fingerprint density at radius 2 is 1.96 bits per heavy atom. The Balaban J connectivity index is 1.62. The number of hydrogen-bond donors (Lipinski definition) is 1. The van der Waals surface area contributed by atoms with E-state index in [0.29, 0.717) is 23.8 Å². The van der Waals surface area contributed by atoms with E-state index in [0.717, 1.165) is 25.8 Å². The lowest BCUT2D eigenvalue weighted by Gasteiger charge is -2.60. The average Bonchev–Trinajstić information content (AvgIpc) is 2.96. The predicted molar refractivity (Wildman–Crippen MR) is 102 cm³/mol. The second-order valence-electron chi connectivity index (χ2n) is 9.69. The van der Waals surface area contributed by atoms with Crippen molar-refractivity contribution in [3.8, 4) is 0 Å². The molecule has 0 aromatic rings. The van der Waals surface area contributed by atoms with E-state index in [1.807, 2.05) is 18.9 Å². The molecule has 7 atom stereocenters. The number of likely N-dealkylation sites (N-methyl/N-ethyl adjacent to an activating group) is 1. The van der Waals surface area contributed by atoms with Crippen LogP contribution in [0, 0.1) is 34.5 Å². The van der Waals surface area contributed by atoms with Crippen LogP contribution >= 0.6 is 0 Å². The maximum atomic E-state index is 12.7. The van der Waals surface area contributed by atoms with Crippen molar-refractivity contribution in [1.82, 2.24) is 10.2 Å². The molecule has 3 saturated carbocycles. The molecule has 4 heteroatoms. The summed E-state index contributed by atoms with van der Waals surface area (Å²) < 4.78 is 0. The third kappa shape index (κ3) is 2.33. The number of nitrogens with zero attached hydrogens (tertiary/aromatic N) is 1. The van der Waals surface area contributed by atoms with Crippen LogP contribution < -0.4 is 5.32 Å². The molecule has 0 aromatic heterocycles. The number of carbonyl (C=O) groups is 2. The largest absolute Gasteiger partial charge is 0.356 e. The Labute approximate surface area is 157 Å². The fourth-order valence-electron chi connectivity index (χ4n) is 7.47. The van der Waals surface area contributed by atoms with Crippen LogP contribution in [0.4, 0.5) is 0 Å². The van der Waals surface area contributed by atoms with Gasteiger partial charge in [0.2, 0.25) is 11.8 Å². The van der Waals surface area contributed by atoms with E-state index < -0.39 is 0 Å². The van der Waals surface area contributed by atoms with Gasteiger partial charge in [0.1, 0.15) is 0 Å². The van der Waals surface area contributed by atoms with Crippen LogP contribution in [0.2, 0.25) is 0 Å². The summed E-state index contributed by atoms with van der Waals surface area (Å²) in [5.74, 6) is 2.61. The molecule has 1 N–H and O–H groups in total. The van der Waals surface area contributed by atoms with E-state index in [1.165, 1.54) is 19.3 Å². The van der Waals surface area contributed by atoms with Gasteiger partial charge in [-0.3, -0.25) is 9.59 Å². The van der Waals surface area contributed by atoms with Crippen molar-refractivity contribution in [2.75, 3.05) is 13.6 Å². The normalized spacial score (nSPS) is 47.2. The molecule has 0 unspecified atom stereocenters. The molecule has 4 nitrogen and oxygen atoms in total. The Morgan fingerprint density at radius 3 is 2.69 bits per heavy atom. The van der Waals surface area contributed by atoms with Crippen molar-refractivity contribution in [2.24, 2.45) is 34.5 Å². The molecule has 3 aliphatic carbocycles. The SMILES string of the molecule is CCNC(=O)[C@H]1CC[C@H]2[C@@H]3CC[C@H]4N(C)C(=O)C=C[C@]4(C)[C@H]3CC[C@]12C. The fraction of sp³-hybridized carbons (Fsp3) is 0.818. The lowest BCUT2D eigenvalue weighted by Crippen LogP contribution is -2.59. The first-order chi connectivity index (χ1) is 12.3. The van der Waals surface area contributed by atoms with Crippen molar-refractivity contribution in [3.63, 3.8) is 0 Å². The molecule has 0 radical (unpaired) electrons. The molecule has 26 heavy (non-hydrogen) atoms. The Bertz CT molecular complexity index is 644. The van der Waals surface area contributed by atoms with Gasteiger partial charge in [0.15, 0.2) is 0 Å². The van der Waals surface area contributed by atoms with Crippen molar-refractivity contribution in [1.29, 1.82) is 0 Å². The highest BCUT2D eigenvalue weighted by molar-refractivity contribution is 5.89. The molecule has 0 saturated heterocycles. The summed E-state index contributed by atoms with van der Waals surface area (Å²) in [6.45, 7) is 7.51. The van der Waals surface area contributed by atoms with Gasteiger partial charge < -0.3 is 10.2 Å². The second-order valence-corrected chi connectivity index (χ2v) is 9.69. The van der Waals surface area contributed by atoms with Gasteiger partial charge in [0.05, 0.1) is 0 Å². The second kappa shape index (κ2) is 6.10. The number of hydrogen-bond acceptors (Lipinski definition) is 2. The van der Waals surface area contributed by atoms with Crippen molar-refractivity contribution < 1.29 is 9.59 Å². The van der Waals surface area contributed by atoms with E-state index in [1.54, 1.807) is 6.08 Å². The summed E-state index contributed by atoms with van der Waals surface area (Å²) in [5, 5.41) is 3.09.